The van der Waals surface area contributed by atoms with Crippen LogP contribution in [0.1, 0.15) is 23.7 Å². The number of hydrogen-bond acceptors (Lipinski definition) is 5. The van der Waals surface area contributed by atoms with E-state index in [0.29, 0.717) is 23.9 Å². The third kappa shape index (κ3) is 7.70. The summed E-state index contributed by atoms with van der Waals surface area (Å²) in [6.45, 7) is 0. The summed E-state index contributed by atoms with van der Waals surface area (Å²) in [4.78, 5) is 25.1. The van der Waals surface area contributed by atoms with E-state index in [-0.39, 0.29) is 5.92 Å². The Balaban J connectivity index is 0.966. The van der Waals surface area contributed by atoms with Gasteiger partial charge in [0.05, 0.1) is 22.4 Å². The molecule has 0 fully saturated rings. The molecule has 0 bridgehead atoms. The molecule has 1 atom stereocenters. The maximum absolute atomic E-state index is 5.30. The van der Waals surface area contributed by atoms with Gasteiger partial charge in [0.2, 0.25) is 0 Å². The molecule has 6 nitrogen and oxygen atoms in total. The second kappa shape index (κ2) is 17.3. The summed E-state index contributed by atoms with van der Waals surface area (Å²) in [6.07, 6.45) is 10.9. The van der Waals surface area contributed by atoms with E-state index in [0.717, 1.165) is 67.1 Å². The monoisotopic (exact) mass is 858 g/mol. The van der Waals surface area contributed by atoms with Crippen LogP contribution in [0, 0.1) is 0 Å². The lowest BCUT2D eigenvalue weighted by Gasteiger charge is -2.21. The Bertz CT molecular complexity index is 3580. The molecule has 7 aromatic carbocycles. The van der Waals surface area contributed by atoms with Gasteiger partial charge in [0.25, 0.3) is 0 Å². The number of aromatic nitrogens is 6. The molecular formula is C61H42N6. The highest BCUT2D eigenvalue weighted by molar-refractivity contribution is 6.16. The zero-order chi connectivity index (χ0) is 44.5. The van der Waals surface area contributed by atoms with E-state index in [1.807, 2.05) is 54.9 Å². The van der Waals surface area contributed by atoms with Crippen molar-refractivity contribution in [2.45, 2.75) is 12.3 Å². The molecule has 67 heavy (non-hydrogen) atoms. The summed E-state index contributed by atoms with van der Waals surface area (Å²) in [5, 5.41) is 2.39. The number of rotatable bonds is 9. The number of allylic oxidation sites excluding steroid dienone is 4. The lowest BCUT2D eigenvalue weighted by atomic mass is 9.85. The van der Waals surface area contributed by atoms with E-state index in [1.54, 1.807) is 0 Å². The Hall–Kier alpha value is -8.87. The van der Waals surface area contributed by atoms with E-state index in [9.17, 15) is 0 Å². The van der Waals surface area contributed by atoms with Crippen LogP contribution in [0.15, 0.2) is 237 Å². The SMILES string of the molecule is C1=CC(c2cc(-c3ccccn3)cc(-c3ccccn3)c2)CC(c2nc(-c3ccccc3)nc(-c3cccc(-c4cccc5c4c4cc(-c6ccccc6)ccc4n5-c4ccccc4)c3)n2)=C1. The summed E-state index contributed by atoms with van der Waals surface area (Å²) in [7, 11) is 0. The minimum atomic E-state index is 0.0655. The fraction of sp³-hybridized carbons (Fsp3) is 0.0328. The van der Waals surface area contributed by atoms with E-state index in [1.165, 1.54) is 27.5 Å². The van der Waals surface area contributed by atoms with Crippen LogP contribution >= 0.6 is 0 Å². The van der Waals surface area contributed by atoms with Crippen LogP contribution < -0.4 is 0 Å². The van der Waals surface area contributed by atoms with Crippen molar-refractivity contribution in [2.24, 2.45) is 0 Å². The molecule has 12 rings (SSSR count). The molecular weight excluding hydrogens is 817 g/mol. The molecule has 1 unspecified atom stereocenters. The number of fused-ring (bicyclic) bond motifs is 3. The van der Waals surface area contributed by atoms with Crippen LogP contribution in [0.4, 0.5) is 0 Å². The quantitative estimate of drug-likeness (QED) is 0.145. The third-order valence-corrected chi connectivity index (χ3v) is 12.7. The topological polar surface area (TPSA) is 69.4 Å². The molecule has 0 saturated carbocycles. The van der Waals surface area contributed by atoms with Crippen molar-refractivity contribution in [1.29, 1.82) is 0 Å². The van der Waals surface area contributed by atoms with Gasteiger partial charge in [-0.05, 0) is 119 Å². The number of benzene rings is 7. The van der Waals surface area contributed by atoms with Crippen LogP contribution in [0.5, 0.6) is 0 Å². The largest absolute Gasteiger partial charge is 0.309 e. The Kier molecular flexibility index (Phi) is 10.2. The minimum absolute atomic E-state index is 0.0655. The maximum Gasteiger partial charge on any atom is 0.164 e. The van der Waals surface area contributed by atoms with Crippen molar-refractivity contribution in [3.05, 3.63) is 248 Å². The van der Waals surface area contributed by atoms with Gasteiger partial charge in [-0.3, -0.25) is 9.97 Å². The van der Waals surface area contributed by atoms with Gasteiger partial charge in [-0.15, -0.1) is 0 Å². The van der Waals surface area contributed by atoms with Gasteiger partial charge in [-0.25, -0.2) is 15.0 Å². The van der Waals surface area contributed by atoms with Crippen molar-refractivity contribution < 1.29 is 0 Å². The zero-order valence-electron chi connectivity index (χ0n) is 36.5. The highest BCUT2D eigenvalue weighted by Crippen LogP contribution is 2.42. The van der Waals surface area contributed by atoms with Crippen molar-refractivity contribution in [1.82, 2.24) is 29.5 Å². The van der Waals surface area contributed by atoms with Gasteiger partial charge in [-0.2, -0.15) is 0 Å². The highest BCUT2D eigenvalue weighted by Gasteiger charge is 2.22. The highest BCUT2D eigenvalue weighted by atomic mass is 15.0. The van der Waals surface area contributed by atoms with Gasteiger partial charge < -0.3 is 4.57 Å². The van der Waals surface area contributed by atoms with E-state index in [2.05, 4.69) is 187 Å². The summed E-state index contributed by atoms with van der Waals surface area (Å²) in [5.41, 5.74) is 16.0. The number of nitrogens with zero attached hydrogens (tertiary/aromatic N) is 6. The first-order valence-electron chi connectivity index (χ1n) is 22.7. The average Bonchev–Trinajstić information content (AvgIpc) is 3.76. The molecule has 1 aliphatic rings. The molecule has 0 amide bonds. The summed E-state index contributed by atoms with van der Waals surface area (Å²) in [6, 6.07) is 72.3. The van der Waals surface area contributed by atoms with Crippen molar-refractivity contribution in [3.8, 4) is 73.2 Å². The van der Waals surface area contributed by atoms with E-state index in [4.69, 9.17) is 24.9 Å². The maximum atomic E-state index is 5.30. The average molecular weight is 859 g/mol. The van der Waals surface area contributed by atoms with Crippen molar-refractivity contribution in [3.63, 3.8) is 0 Å². The van der Waals surface area contributed by atoms with Crippen LogP contribution in [0.25, 0.3) is 101 Å². The molecule has 11 aromatic rings. The molecule has 1 aliphatic carbocycles. The van der Waals surface area contributed by atoms with Gasteiger partial charge >= 0.3 is 0 Å². The first-order valence-corrected chi connectivity index (χ1v) is 22.7. The molecule has 316 valence electrons. The number of hydrogen-bond donors (Lipinski definition) is 0. The molecule has 0 saturated heterocycles. The van der Waals surface area contributed by atoms with Crippen LogP contribution in [0.3, 0.4) is 0 Å². The zero-order valence-corrected chi connectivity index (χ0v) is 36.5. The Labute approximate surface area is 389 Å². The molecule has 6 heteroatoms. The Morgan fingerprint density at radius 2 is 1.01 bits per heavy atom. The lowest BCUT2D eigenvalue weighted by molar-refractivity contribution is 0.854. The minimum Gasteiger partial charge on any atom is -0.309 e. The second-order valence-corrected chi connectivity index (χ2v) is 16.9. The second-order valence-electron chi connectivity index (χ2n) is 16.9. The predicted molar refractivity (Wildman–Crippen MR) is 273 cm³/mol. The molecule has 0 aliphatic heterocycles. The normalized spacial score (nSPS) is 13.5. The Morgan fingerprint density at radius 1 is 0.418 bits per heavy atom. The van der Waals surface area contributed by atoms with Gasteiger partial charge in [-0.1, -0.05) is 146 Å². The molecule has 4 heterocycles. The van der Waals surface area contributed by atoms with Crippen LogP contribution in [-0.4, -0.2) is 29.5 Å². The Morgan fingerprint density at radius 3 is 1.72 bits per heavy atom. The van der Waals surface area contributed by atoms with E-state index >= 15 is 0 Å². The first kappa shape index (κ1) is 39.7. The molecule has 0 radical (unpaired) electrons. The fourth-order valence-electron chi connectivity index (χ4n) is 9.47. The van der Waals surface area contributed by atoms with E-state index < -0.39 is 0 Å². The van der Waals surface area contributed by atoms with Gasteiger partial charge in [0, 0.05) is 57.0 Å². The summed E-state index contributed by atoms with van der Waals surface area (Å²) < 4.78 is 2.38. The molecule has 0 N–H and O–H groups in total. The summed E-state index contributed by atoms with van der Waals surface area (Å²) >= 11 is 0. The summed E-state index contributed by atoms with van der Waals surface area (Å²) in [5.74, 6) is 1.98. The fourth-order valence-corrected chi connectivity index (χ4v) is 9.47. The van der Waals surface area contributed by atoms with Gasteiger partial charge in [0.1, 0.15) is 0 Å². The van der Waals surface area contributed by atoms with Crippen molar-refractivity contribution >= 4 is 27.4 Å². The molecule has 0 spiro atoms. The smallest absolute Gasteiger partial charge is 0.164 e. The standard InChI is InChI=1S/C61H42N6/c1-4-17-41(18-5-1)44-31-32-56-53(40-44)58-52(27-16-30-57(58)67(56)51-25-8-3-9-26-51)45-22-15-24-47(36-45)61-65-59(42-19-6-2-7-20-42)64-60(66-61)46-23-14-21-43(35-46)48-37-49(54-28-10-12-33-62-54)39-50(38-48)55-29-11-13-34-63-55/h1-34,36-40,43H,35H2. The number of pyridine rings is 2. The first-order chi connectivity index (χ1) is 33.2. The van der Waals surface area contributed by atoms with Crippen LogP contribution in [0.2, 0.25) is 0 Å². The number of para-hydroxylation sites is 1. The van der Waals surface area contributed by atoms with Crippen molar-refractivity contribution in [2.75, 3.05) is 0 Å². The lowest BCUT2D eigenvalue weighted by Crippen LogP contribution is -2.07. The molecule has 4 aromatic heterocycles. The third-order valence-electron chi connectivity index (χ3n) is 12.7. The predicted octanol–water partition coefficient (Wildman–Crippen LogP) is 14.9. The van der Waals surface area contributed by atoms with Gasteiger partial charge in [0.15, 0.2) is 17.5 Å². The van der Waals surface area contributed by atoms with Crippen LogP contribution in [-0.2, 0) is 0 Å².